The SMILES string of the molecule is [O-][NH+](O)c1ccc(NN=C2c3ccccc3-c3ccccc32)c([NH+]([O-])O)c1. The van der Waals surface area contributed by atoms with Crippen molar-refractivity contribution in [2.45, 2.75) is 0 Å². The van der Waals surface area contributed by atoms with E-state index in [1.165, 1.54) is 12.1 Å². The van der Waals surface area contributed by atoms with E-state index >= 15 is 0 Å². The highest BCUT2D eigenvalue weighted by Gasteiger charge is 2.24. The third-order valence-corrected chi connectivity index (χ3v) is 4.44. The van der Waals surface area contributed by atoms with Gasteiger partial charge < -0.3 is 10.4 Å². The smallest absolute Gasteiger partial charge is 0.195 e. The molecule has 3 aromatic carbocycles. The monoisotopic (exact) mass is 364 g/mol. The summed E-state index contributed by atoms with van der Waals surface area (Å²) in [6.07, 6.45) is 0. The van der Waals surface area contributed by atoms with Crippen molar-refractivity contribution in [1.82, 2.24) is 0 Å². The first-order valence-electron chi connectivity index (χ1n) is 8.20. The summed E-state index contributed by atoms with van der Waals surface area (Å²) in [5, 5.41) is 43.1. The fourth-order valence-electron chi connectivity index (χ4n) is 3.18. The number of hydrogen-bond donors (Lipinski definition) is 5. The highest BCUT2D eigenvalue weighted by atomic mass is 16.8. The second kappa shape index (κ2) is 6.89. The van der Waals surface area contributed by atoms with Crippen molar-refractivity contribution >= 4 is 22.8 Å². The van der Waals surface area contributed by atoms with Crippen molar-refractivity contribution in [2.75, 3.05) is 5.43 Å². The lowest BCUT2D eigenvalue weighted by Crippen LogP contribution is -3.00. The molecule has 0 saturated heterocycles. The van der Waals surface area contributed by atoms with Gasteiger partial charge in [-0.25, -0.2) is 10.4 Å². The lowest BCUT2D eigenvalue weighted by atomic mass is 10.1. The summed E-state index contributed by atoms with van der Waals surface area (Å²) in [7, 11) is 0. The van der Waals surface area contributed by atoms with Crippen LogP contribution in [0.3, 0.4) is 0 Å². The molecule has 136 valence electrons. The maximum atomic E-state index is 11.5. The Kier molecular flexibility index (Phi) is 4.42. The summed E-state index contributed by atoms with van der Waals surface area (Å²) in [5.41, 5.74) is 7.51. The number of rotatable bonds is 4. The minimum atomic E-state index is -1.23. The fraction of sp³-hybridized carbons (Fsp3) is 0. The maximum Gasteiger partial charge on any atom is 0.195 e. The van der Waals surface area contributed by atoms with Gasteiger partial charge in [-0.1, -0.05) is 48.5 Å². The van der Waals surface area contributed by atoms with Gasteiger partial charge in [-0.3, -0.25) is 5.43 Å². The number of anilines is 1. The summed E-state index contributed by atoms with van der Waals surface area (Å²) >= 11 is 0. The summed E-state index contributed by atoms with van der Waals surface area (Å²) < 4.78 is 0. The van der Waals surface area contributed by atoms with Gasteiger partial charge >= 0.3 is 0 Å². The zero-order valence-electron chi connectivity index (χ0n) is 14.0. The highest BCUT2D eigenvalue weighted by molar-refractivity contribution is 6.24. The standard InChI is InChI=1S/C19H16N4O4/c24-22(25)12-9-10-17(18(11-12)23(26)27)20-21-19-15-7-3-1-5-13(15)14-6-2-4-8-16(14)19/h1-11,20,22-24,26H. The molecule has 27 heavy (non-hydrogen) atoms. The van der Waals surface area contributed by atoms with Gasteiger partial charge in [0.05, 0.1) is 11.8 Å². The molecular formula is C19H16N4O4. The quantitative estimate of drug-likeness (QED) is 0.350. The minimum absolute atomic E-state index is 0.0952. The number of quaternary nitrogens is 2. The van der Waals surface area contributed by atoms with Gasteiger partial charge in [-0.2, -0.15) is 15.6 Å². The number of nitrogens with one attached hydrogen (secondary N) is 3. The third-order valence-electron chi connectivity index (χ3n) is 4.44. The van der Waals surface area contributed by atoms with Gasteiger partial charge in [0.1, 0.15) is 5.69 Å². The highest BCUT2D eigenvalue weighted by Crippen LogP contribution is 2.36. The van der Waals surface area contributed by atoms with Gasteiger partial charge in [0, 0.05) is 17.2 Å². The van der Waals surface area contributed by atoms with E-state index in [1.807, 2.05) is 48.5 Å². The van der Waals surface area contributed by atoms with Crippen LogP contribution in [0.25, 0.3) is 11.1 Å². The van der Waals surface area contributed by atoms with Gasteiger partial charge in [0.2, 0.25) is 0 Å². The van der Waals surface area contributed by atoms with Crippen molar-refractivity contribution in [3.05, 3.63) is 88.3 Å². The van der Waals surface area contributed by atoms with Crippen LogP contribution in [0.4, 0.5) is 17.1 Å². The normalized spacial score (nSPS) is 14.3. The van der Waals surface area contributed by atoms with Gasteiger partial charge in [-0.05, 0) is 17.2 Å². The first-order chi connectivity index (χ1) is 13.1. The Morgan fingerprint density at radius 1 is 0.741 bits per heavy atom. The minimum Gasteiger partial charge on any atom is -0.595 e. The van der Waals surface area contributed by atoms with E-state index in [1.54, 1.807) is 0 Å². The predicted molar refractivity (Wildman–Crippen MR) is 99.1 cm³/mol. The second-order valence-electron chi connectivity index (χ2n) is 6.03. The molecule has 2 unspecified atom stereocenters. The van der Waals surface area contributed by atoms with Crippen LogP contribution in [0.2, 0.25) is 0 Å². The molecule has 3 aromatic rings. The molecule has 5 N–H and O–H groups in total. The Hall–Kier alpha value is -3.11. The van der Waals surface area contributed by atoms with Crippen LogP contribution < -0.4 is 15.9 Å². The summed E-state index contributed by atoms with van der Waals surface area (Å²) in [6.45, 7) is 0. The molecule has 2 atom stereocenters. The molecule has 1 aliphatic rings. The zero-order chi connectivity index (χ0) is 19.0. The van der Waals surface area contributed by atoms with Crippen molar-refractivity contribution in [3.8, 4) is 11.1 Å². The summed E-state index contributed by atoms with van der Waals surface area (Å²) in [6, 6.07) is 19.6. The molecule has 0 bridgehead atoms. The predicted octanol–water partition coefficient (Wildman–Crippen LogP) is 1.34. The second-order valence-corrected chi connectivity index (χ2v) is 6.03. The van der Waals surface area contributed by atoms with Crippen molar-refractivity contribution < 1.29 is 20.9 Å². The van der Waals surface area contributed by atoms with Crippen LogP contribution >= 0.6 is 0 Å². The van der Waals surface area contributed by atoms with E-state index in [4.69, 9.17) is 5.21 Å². The van der Waals surface area contributed by atoms with E-state index < -0.39 is 10.5 Å². The van der Waals surface area contributed by atoms with Crippen molar-refractivity contribution in [1.29, 1.82) is 0 Å². The van der Waals surface area contributed by atoms with E-state index in [0.29, 0.717) is 5.71 Å². The number of fused-ring (bicyclic) bond motifs is 3. The first kappa shape index (κ1) is 17.3. The molecule has 4 rings (SSSR count). The van der Waals surface area contributed by atoms with E-state index in [-0.39, 0.29) is 17.1 Å². The Morgan fingerprint density at radius 2 is 1.30 bits per heavy atom. The molecule has 8 heteroatoms. The number of hydrazone groups is 1. The molecule has 0 radical (unpaired) electrons. The topological polar surface area (TPSA) is 120 Å². The van der Waals surface area contributed by atoms with Gasteiger partial charge in [0.15, 0.2) is 11.4 Å². The van der Waals surface area contributed by atoms with Crippen LogP contribution in [0.15, 0.2) is 71.8 Å². The summed E-state index contributed by atoms with van der Waals surface area (Å²) in [5.74, 6) is 0. The molecule has 0 saturated carbocycles. The first-order valence-corrected chi connectivity index (χ1v) is 8.20. The van der Waals surface area contributed by atoms with Crippen LogP contribution in [0.5, 0.6) is 0 Å². The average molecular weight is 364 g/mol. The molecular weight excluding hydrogens is 348 g/mol. The van der Waals surface area contributed by atoms with Gasteiger partial charge in [0.25, 0.3) is 0 Å². The Morgan fingerprint density at radius 3 is 1.81 bits per heavy atom. The zero-order valence-corrected chi connectivity index (χ0v) is 14.0. The lowest BCUT2D eigenvalue weighted by Gasteiger charge is -2.18. The number of nitrogens with zero attached hydrogens (tertiary/aromatic N) is 1. The van der Waals surface area contributed by atoms with Crippen molar-refractivity contribution in [3.63, 3.8) is 0 Å². The molecule has 0 fully saturated rings. The lowest BCUT2D eigenvalue weighted by molar-refractivity contribution is -0.996. The maximum absolute atomic E-state index is 11.5. The van der Waals surface area contributed by atoms with E-state index in [9.17, 15) is 15.6 Å². The molecule has 0 heterocycles. The van der Waals surface area contributed by atoms with E-state index in [0.717, 1.165) is 28.3 Å². The Bertz CT molecular complexity index is 986. The largest absolute Gasteiger partial charge is 0.595 e. The van der Waals surface area contributed by atoms with E-state index in [2.05, 4.69) is 10.5 Å². The number of hydrogen-bond acceptors (Lipinski definition) is 6. The summed E-state index contributed by atoms with van der Waals surface area (Å²) in [4.78, 5) is 0. The molecule has 8 nitrogen and oxygen atoms in total. The van der Waals surface area contributed by atoms with Crippen molar-refractivity contribution in [2.24, 2.45) is 5.10 Å². The fourth-order valence-corrected chi connectivity index (χ4v) is 3.18. The molecule has 1 aliphatic carbocycles. The third kappa shape index (κ3) is 3.09. The Balaban J connectivity index is 1.76. The van der Waals surface area contributed by atoms with Gasteiger partial charge in [-0.15, -0.1) is 0 Å². The molecule has 0 amide bonds. The molecule has 0 aromatic heterocycles. The Labute approximate surface area is 154 Å². The van der Waals surface area contributed by atoms with Crippen LogP contribution in [-0.2, 0) is 0 Å². The van der Waals surface area contributed by atoms with Crippen LogP contribution in [-0.4, -0.2) is 16.1 Å². The molecule has 0 aliphatic heterocycles. The average Bonchev–Trinajstić information content (AvgIpc) is 3.00. The molecule has 0 spiro atoms. The van der Waals surface area contributed by atoms with Crippen LogP contribution in [0.1, 0.15) is 11.1 Å². The van der Waals surface area contributed by atoms with Crippen LogP contribution in [0, 0.1) is 10.4 Å². The number of benzene rings is 3.